The van der Waals surface area contributed by atoms with Crippen molar-refractivity contribution in [2.24, 2.45) is 0 Å². The lowest BCUT2D eigenvalue weighted by molar-refractivity contribution is -0.130. The van der Waals surface area contributed by atoms with Gasteiger partial charge < -0.3 is 4.90 Å². The largest absolute Gasteiger partial charge is 0.341 e. The molecule has 0 radical (unpaired) electrons. The van der Waals surface area contributed by atoms with Gasteiger partial charge in [-0.3, -0.25) is 4.79 Å². The van der Waals surface area contributed by atoms with Crippen LogP contribution in [0.5, 0.6) is 0 Å². The minimum absolute atomic E-state index is 0.300. The van der Waals surface area contributed by atoms with Gasteiger partial charge in [-0.25, -0.2) is 13.5 Å². The number of rotatable bonds is 5. The average Bonchev–Trinajstić information content (AvgIpc) is 2.57. The first-order valence-corrected chi connectivity index (χ1v) is 8.89. The van der Waals surface area contributed by atoms with E-state index in [0.29, 0.717) is 31.5 Å². The Morgan fingerprint density at radius 3 is 2.50 bits per heavy atom. The van der Waals surface area contributed by atoms with Crippen LogP contribution in [0.4, 0.5) is 8.78 Å². The Labute approximate surface area is 139 Å². The van der Waals surface area contributed by atoms with Crippen molar-refractivity contribution in [3.05, 3.63) is 41.0 Å². The fourth-order valence-corrected chi connectivity index (χ4v) is 2.82. The van der Waals surface area contributed by atoms with Crippen molar-refractivity contribution < 1.29 is 22.0 Å². The van der Waals surface area contributed by atoms with Crippen LogP contribution in [-0.4, -0.2) is 45.9 Å². The van der Waals surface area contributed by atoms with Gasteiger partial charge in [0, 0.05) is 20.1 Å². The predicted octanol–water partition coefficient (Wildman–Crippen LogP) is 1.02. The molecular formula is C15H19F2N3O3S. The molecule has 2 N–H and O–H groups in total. The highest BCUT2D eigenvalue weighted by Gasteiger charge is 2.20. The first kappa shape index (κ1) is 18.5. The maximum absolute atomic E-state index is 13.2. The molecule has 24 heavy (non-hydrogen) atoms. The van der Waals surface area contributed by atoms with Crippen molar-refractivity contribution in [1.29, 1.82) is 0 Å². The van der Waals surface area contributed by atoms with Gasteiger partial charge in [0.2, 0.25) is 5.91 Å². The maximum atomic E-state index is 13.2. The van der Waals surface area contributed by atoms with E-state index in [2.05, 4.69) is 9.44 Å². The van der Waals surface area contributed by atoms with Gasteiger partial charge in [0.25, 0.3) is 10.2 Å². The van der Waals surface area contributed by atoms with Gasteiger partial charge in [-0.2, -0.15) is 13.1 Å². The molecule has 0 spiro atoms. The van der Waals surface area contributed by atoms with E-state index >= 15 is 0 Å². The SMILES string of the molecule is CNS(=O)(=O)NCC(=O)N1CCC(=Cc2ccc(F)c(F)c2)CC1. The number of piperidine rings is 1. The Bertz CT molecular complexity index is 740. The fourth-order valence-electron chi connectivity index (χ4n) is 2.37. The second-order valence-electron chi connectivity index (χ2n) is 5.39. The summed E-state index contributed by atoms with van der Waals surface area (Å²) in [5.74, 6) is -2.09. The van der Waals surface area contributed by atoms with Crippen molar-refractivity contribution in [3.63, 3.8) is 0 Å². The number of benzene rings is 1. The molecule has 2 rings (SSSR count). The summed E-state index contributed by atoms with van der Waals surface area (Å²) in [4.78, 5) is 13.5. The Balaban J connectivity index is 1.89. The smallest absolute Gasteiger partial charge is 0.277 e. The van der Waals surface area contributed by atoms with E-state index in [9.17, 15) is 22.0 Å². The van der Waals surface area contributed by atoms with Crippen LogP contribution in [0.2, 0.25) is 0 Å². The summed E-state index contributed by atoms with van der Waals surface area (Å²) in [5.41, 5.74) is 1.60. The van der Waals surface area contributed by atoms with Crippen molar-refractivity contribution >= 4 is 22.2 Å². The molecular weight excluding hydrogens is 340 g/mol. The first-order valence-electron chi connectivity index (χ1n) is 7.41. The van der Waals surface area contributed by atoms with Crippen LogP contribution in [0, 0.1) is 11.6 Å². The molecule has 1 heterocycles. The summed E-state index contributed by atoms with van der Waals surface area (Å²) in [6.07, 6.45) is 2.99. The summed E-state index contributed by atoms with van der Waals surface area (Å²) >= 11 is 0. The lowest BCUT2D eigenvalue weighted by Crippen LogP contribution is -2.45. The number of halogens is 2. The standard InChI is InChI=1S/C15H19F2N3O3S/c1-18-24(22,23)19-10-15(21)20-6-4-11(5-7-20)8-12-2-3-13(16)14(17)9-12/h2-3,8-9,18-19H,4-7,10H2,1H3. The van der Waals surface area contributed by atoms with E-state index in [4.69, 9.17) is 0 Å². The Morgan fingerprint density at radius 2 is 1.92 bits per heavy atom. The van der Waals surface area contributed by atoms with E-state index in [-0.39, 0.29) is 12.5 Å². The third-order valence-corrected chi connectivity index (χ3v) is 4.82. The highest BCUT2D eigenvalue weighted by Crippen LogP contribution is 2.20. The lowest BCUT2D eigenvalue weighted by atomic mass is 10.0. The number of hydrogen-bond donors (Lipinski definition) is 2. The normalized spacial score (nSPS) is 15.5. The number of likely N-dealkylation sites (tertiary alicyclic amines) is 1. The highest BCUT2D eigenvalue weighted by molar-refractivity contribution is 7.87. The molecule has 1 fully saturated rings. The molecule has 6 nitrogen and oxygen atoms in total. The lowest BCUT2D eigenvalue weighted by Gasteiger charge is -2.28. The van der Waals surface area contributed by atoms with Crippen molar-refractivity contribution in [2.45, 2.75) is 12.8 Å². The summed E-state index contributed by atoms with van der Waals surface area (Å²) < 4.78 is 52.8. The highest BCUT2D eigenvalue weighted by atomic mass is 32.2. The quantitative estimate of drug-likeness (QED) is 0.824. The Hall–Kier alpha value is -1.84. The van der Waals surface area contributed by atoms with Gasteiger partial charge in [-0.1, -0.05) is 17.7 Å². The molecule has 9 heteroatoms. The van der Waals surface area contributed by atoms with Gasteiger partial charge in [-0.15, -0.1) is 0 Å². The summed E-state index contributed by atoms with van der Waals surface area (Å²) in [5, 5.41) is 0. The zero-order chi connectivity index (χ0) is 17.7. The van der Waals surface area contributed by atoms with Crippen LogP contribution in [0.3, 0.4) is 0 Å². The second-order valence-corrected chi connectivity index (χ2v) is 7.09. The van der Waals surface area contributed by atoms with Crippen LogP contribution in [-0.2, 0) is 15.0 Å². The van der Waals surface area contributed by atoms with Gasteiger partial charge in [0.05, 0.1) is 6.54 Å². The average molecular weight is 359 g/mol. The number of carbonyl (C=O) groups is 1. The van der Waals surface area contributed by atoms with Crippen LogP contribution >= 0.6 is 0 Å². The molecule has 1 aromatic rings. The molecule has 1 saturated heterocycles. The van der Waals surface area contributed by atoms with Crippen molar-refractivity contribution in [2.75, 3.05) is 26.7 Å². The van der Waals surface area contributed by atoms with Gasteiger partial charge in [0.1, 0.15) is 0 Å². The molecule has 1 aromatic carbocycles. The second kappa shape index (κ2) is 7.82. The van der Waals surface area contributed by atoms with E-state index in [1.54, 1.807) is 11.0 Å². The van der Waals surface area contributed by atoms with E-state index in [1.807, 2.05) is 0 Å². The van der Waals surface area contributed by atoms with E-state index in [0.717, 1.165) is 17.7 Å². The molecule has 0 unspecified atom stereocenters. The van der Waals surface area contributed by atoms with Crippen LogP contribution in [0.15, 0.2) is 23.8 Å². The topological polar surface area (TPSA) is 78.5 Å². The maximum Gasteiger partial charge on any atom is 0.277 e. The molecule has 132 valence electrons. The number of carbonyl (C=O) groups excluding carboxylic acids is 1. The van der Waals surface area contributed by atoms with Gasteiger partial charge in [-0.05, 0) is 30.5 Å². The summed E-state index contributed by atoms with van der Waals surface area (Å²) in [6.45, 7) is 0.608. The van der Waals surface area contributed by atoms with E-state index < -0.39 is 21.8 Å². The number of nitrogens with one attached hydrogen (secondary N) is 2. The minimum atomic E-state index is -3.64. The molecule has 0 atom stereocenters. The number of hydrogen-bond acceptors (Lipinski definition) is 3. The molecule has 0 saturated carbocycles. The molecule has 1 amide bonds. The van der Waals surface area contributed by atoms with Gasteiger partial charge in [0.15, 0.2) is 11.6 Å². The molecule has 0 bridgehead atoms. The molecule has 1 aliphatic rings. The van der Waals surface area contributed by atoms with E-state index in [1.165, 1.54) is 13.1 Å². The van der Waals surface area contributed by atoms with Crippen LogP contribution in [0.25, 0.3) is 6.08 Å². The first-order chi connectivity index (χ1) is 11.3. The number of amides is 1. The molecule has 1 aliphatic heterocycles. The van der Waals surface area contributed by atoms with Crippen LogP contribution in [0.1, 0.15) is 18.4 Å². The zero-order valence-corrected chi connectivity index (χ0v) is 14.0. The third kappa shape index (κ3) is 5.08. The fraction of sp³-hybridized carbons (Fsp3) is 0.400. The third-order valence-electron chi connectivity index (χ3n) is 3.75. The van der Waals surface area contributed by atoms with Crippen LogP contribution < -0.4 is 9.44 Å². The van der Waals surface area contributed by atoms with Crippen molar-refractivity contribution in [3.8, 4) is 0 Å². The van der Waals surface area contributed by atoms with Crippen molar-refractivity contribution in [1.82, 2.24) is 14.3 Å². The zero-order valence-electron chi connectivity index (χ0n) is 13.2. The Morgan fingerprint density at radius 1 is 1.25 bits per heavy atom. The monoisotopic (exact) mass is 359 g/mol. The molecule has 0 aromatic heterocycles. The predicted molar refractivity (Wildman–Crippen MR) is 86.1 cm³/mol. The Kier molecular flexibility index (Phi) is 6.03. The summed E-state index contributed by atoms with van der Waals surface area (Å²) in [6, 6.07) is 3.70. The minimum Gasteiger partial charge on any atom is -0.341 e. The van der Waals surface area contributed by atoms with Gasteiger partial charge >= 0.3 is 0 Å². The number of nitrogens with zero attached hydrogens (tertiary/aromatic N) is 1. The molecule has 0 aliphatic carbocycles. The summed E-state index contributed by atoms with van der Waals surface area (Å²) in [7, 11) is -2.38.